The molecule has 1 fully saturated rings. The number of aromatic nitrogens is 1. The van der Waals surface area contributed by atoms with Crippen LogP contribution in [0.4, 0.5) is 0 Å². The van der Waals surface area contributed by atoms with Gasteiger partial charge in [-0.25, -0.2) is 0 Å². The monoisotopic (exact) mass is 671 g/mol. The number of aliphatic hydroxyl groups is 11. The molecule has 41 heavy (non-hydrogen) atoms. The molecule has 0 saturated heterocycles. The minimum atomic E-state index is -3.80. The topological polar surface area (TPSA) is 376 Å². The fourth-order valence-electron chi connectivity index (χ4n) is 2.49. The molecule has 1 saturated carbocycles. The number of aldehydes is 1. The van der Waals surface area contributed by atoms with Crippen molar-refractivity contribution in [3.05, 3.63) is 30.1 Å². The number of carbonyl (C=O) groups is 2. The standard InChI is InChI=1S/C6H6N2O.2C6H12O6.C2H7NO3S.Zn/c7-6(9)5-2-1-3-8-4-5;7-1-2(8)4(10)6(12)5(11)3(1)9;7-1-3(9)5(11)6(12)4(10)2-8;3-1-2-7(4,5)6;/h1-4H,(H2,7,9);1-12H;1,3-6,8-12H,2H2;1-3H2,(H,4,5,6);/t;1-,2-,3-,4+,5-,6-;3-,4+,5+,6+;;/m..0../s1. The van der Waals surface area contributed by atoms with Gasteiger partial charge in [0.15, 0.2) is 6.29 Å². The first-order chi connectivity index (χ1) is 18.4. The molecule has 0 spiro atoms. The molecule has 19 nitrogen and oxygen atoms in total. The molecule has 2 rings (SSSR count). The summed E-state index contributed by atoms with van der Waals surface area (Å²) in [6, 6.07) is 3.29. The van der Waals surface area contributed by atoms with Gasteiger partial charge in [-0.05, 0) is 12.1 Å². The number of hydrogen-bond donors (Lipinski definition) is 14. The number of rotatable bonds is 8. The zero-order valence-electron chi connectivity index (χ0n) is 21.5. The van der Waals surface area contributed by atoms with E-state index in [2.05, 4.69) is 4.98 Å². The Labute approximate surface area is 246 Å². The number of nitrogens with zero attached hydrogens (tertiary/aromatic N) is 1. The van der Waals surface area contributed by atoms with Crippen molar-refractivity contribution in [3.63, 3.8) is 0 Å². The van der Waals surface area contributed by atoms with Crippen LogP contribution in [0.15, 0.2) is 24.5 Å². The average Bonchev–Trinajstić information content (AvgIpc) is 2.93. The van der Waals surface area contributed by atoms with Crippen LogP contribution in [0.5, 0.6) is 0 Å². The van der Waals surface area contributed by atoms with E-state index in [1.165, 1.54) is 6.20 Å². The van der Waals surface area contributed by atoms with E-state index in [1.54, 1.807) is 18.3 Å². The summed E-state index contributed by atoms with van der Waals surface area (Å²) >= 11 is 0. The average molecular weight is 673 g/mol. The molecule has 1 aliphatic carbocycles. The van der Waals surface area contributed by atoms with Gasteiger partial charge in [0, 0.05) is 38.4 Å². The molecule has 16 N–H and O–H groups in total. The van der Waals surface area contributed by atoms with Gasteiger partial charge < -0.3 is 72.4 Å². The smallest absolute Gasteiger partial charge is 0.266 e. The SMILES string of the molecule is NC(=O)c1cccnc1.NCCS(=O)(=O)O.O=C[C@H](O)[C@@H](O)[C@H](O)[C@H](O)CO.O[C@H]1[C@H](O)[C@@H](O)[C@H](O)[C@@H](O)[C@H]1O.[Zn]. The molecular weight excluding hydrogens is 636 g/mol. The summed E-state index contributed by atoms with van der Waals surface area (Å²) in [6.07, 6.45) is -13.7. The molecule has 4 atom stereocenters. The van der Waals surface area contributed by atoms with Crippen LogP contribution in [-0.4, -0.2) is 166 Å². The molecule has 0 radical (unpaired) electrons. The summed E-state index contributed by atoms with van der Waals surface area (Å²) in [5.74, 6) is -0.796. The van der Waals surface area contributed by atoms with Crippen LogP contribution < -0.4 is 11.5 Å². The molecule has 1 aliphatic rings. The molecule has 21 heteroatoms. The fraction of sp³-hybridized carbons (Fsp3) is 0.650. The van der Waals surface area contributed by atoms with E-state index < -0.39 is 83.7 Å². The number of amides is 1. The van der Waals surface area contributed by atoms with Crippen molar-refractivity contribution in [3.8, 4) is 0 Å². The van der Waals surface area contributed by atoms with Crippen LogP contribution in [0, 0.1) is 0 Å². The van der Waals surface area contributed by atoms with Crippen molar-refractivity contribution in [2.75, 3.05) is 18.9 Å². The molecule has 0 bridgehead atoms. The Bertz CT molecular complexity index is 891. The molecular formula is C20H37N3O16SZn. The van der Waals surface area contributed by atoms with Gasteiger partial charge in [0.25, 0.3) is 10.1 Å². The van der Waals surface area contributed by atoms with Gasteiger partial charge in [-0.3, -0.25) is 14.3 Å². The summed E-state index contributed by atoms with van der Waals surface area (Å²) in [7, 11) is -3.80. The number of aliphatic hydroxyl groups excluding tert-OH is 11. The van der Waals surface area contributed by atoms with Gasteiger partial charge in [-0.2, -0.15) is 8.42 Å². The van der Waals surface area contributed by atoms with Crippen molar-refractivity contribution in [1.82, 2.24) is 4.98 Å². The first-order valence-electron chi connectivity index (χ1n) is 11.1. The van der Waals surface area contributed by atoms with Crippen LogP contribution in [0.25, 0.3) is 0 Å². The molecule has 1 heterocycles. The number of hydrogen-bond acceptors (Lipinski definition) is 17. The minimum Gasteiger partial charge on any atom is -0.394 e. The van der Waals surface area contributed by atoms with E-state index in [1.807, 2.05) is 0 Å². The number of nitrogens with two attached hydrogens (primary N) is 2. The van der Waals surface area contributed by atoms with Crippen molar-refractivity contribution in [2.45, 2.75) is 61.0 Å². The first kappa shape index (κ1) is 43.8. The van der Waals surface area contributed by atoms with Gasteiger partial charge in [-0.15, -0.1) is 0 Å². The second kappa shape index (κ2) is 22.0. The number of carbonyl (C=O) groups excluding carboxylic acids is 2. The maximum atomic E-state index is 10.4. The normalized spacial score (nSPS) is 26.4. The maximum Gasteiger partial charge on any atom is 0.266 e. The third kappa shape index (κ3) is 17.1. The Hall–Kier alpha value is -1.66. The van der Waals surface area contributed by atoms with Gasteiger partial charge in [0.05, 0.1) is 17.9 Å². The number of primary amides is 1. The molecule has 1 amide bonds. The van der Waals surface area contributed by atoms with Gasteiger partial charge in [0.2, 0.25) is 5.91 Å². The van der Waals surface area contributed by atoms with Gasteiger partial charge in [0.1, 0.15) is 61.0 Å². The number of pyridine rings is 1. The Morgan fingerprint density at radius 1 is 0.927 bits per heavy atom. The largest absolute Gasteiger partial charge is 0.394 e. The van der Waals surface area contributed by atoms with Crippen molar-refractivity contribution in [2.24, 2.45) is 11.5 Å². The minimum absolute atomic E-state index is 0. The fourth-order valence-corrected chi connectivity index (χ4v) is 2.79. The van der Waals surface area contributed by atoms with Crippen LogP contribution in [0.1, 0.15) is 10.4 Å². The van der Waals surface area contributed by atoms with Crippen molar-refractivity contribution < 1.29 is 98.2 Å². The molecule has 0 unspecified atom stereocenters. The molecule has 0 aromatic carbocycles. The summed E-state index contributed by atoms with van der Waals surface area (Å²) in [4.78, 5) is 24.0. The van der Waals surface area contributed by atoms with E-state index >= 15 is 0 Å². The summed E-state index contributed by atoms with van der Waals surface area (Å²) in [5, 5.41) is 97.4. The Morgan fingerprint density at radius 2 is 1.34 bits per heavy atom. The van der Waals surface area contributed by atoms with Crippen LogP contribution in [-0.2, 0) is 34.4 Å². The van der Waals surface area contributed by atoms with E-state index in [4.69, 9.17) is 72.2 Å². The predicted octanol–water partition coefficient (Wildman–Crippen LogP) is -8.20. The maximum absolute atomic E-state index is 10.4. The molecule has 0 aliphatic heterocycles. The van der Waals surface area contributed by atoms with Crippen molar-refractivity contribution >= 4 is 22.3 Å². The van der Waals surface area contributed by atoms with E-state index in [-0.39, 0.29) is 38.1 Å². The summed E-state index contributed by atoms with van der Waals surface area (Å²) < 4.78 is 27.3. The van der Waals surface area contributed by atoms with Crippen LogP contribution >= 0.6 is 0 Å². The molecule has 1 aromatic heterocycles. The zero-order chi connectivity index (χ0) is 31.8. The second-order valence-electron chi connectivity index (χ2n) is 7.98. The molecule has 1 aromatic rings. The molecule has 236 valence electrons. The predicted molar refractivity (Wildman–Crippen MR) is 131 cm³/mol. The third-order valence-electron chi connectivity index (χ3n) is 4.84. The van der Waals surface area contributed by atoms with Crippen LogP contribution in [0.2, 0.25) is 0 Å². The Kier molecular flexibility index (Phi) is 23.5. The quantitative estimate of drug-likeness (QED) is 0.0692. The summed E-state index contributed by atoms with van der Waals surface area (Å²) in [6.45, 7) is -0.789. The van der Waals surface area contributed by atoms with Gasteiger partial charge >= 0.3 is 0 Å². The third-order valence-corrected chi connectivity index (χ3v) is 5.59. The first-order valence-corrected chi connectivity index (χ1v) is 12.7. The second-order valence-corrected chi connectivity index (χ2v) is 9.55. The van der Waals surface area contributed by atoms with Crippen LogP contribution in [0.3, 0.4) is 0 Å². The van der Waals surface area contributed by atoms with E-state index in [0.717, 1.165) is 0 Å². The van der Waals surface area contributed by atoms with E-state index in [0.29, 0.717) is 5.56 Å². The van der Waals surface area contributed by atoms with Gasteiger partial charge in [-0.1, -0.05) is 0 Å². The van der Waals surface area contributed by atoms with Crippen molar-refractivity contribution in [1.29, 1.82) is 0 Å². The summed E-state index contributed by atoms with van der Waals surface area (Å²) in [5.41, 5.74) is 10.2. The Morgan fingerprint density at radius 3 is 1.54 bits per heavy atom. The van der Waals surface area contributed by atoms with E-state index in [9.17, 15) is 18.0 Å². The zero-order valence-corrected chi connectivity index (χ0v) is 25.3. The Balaban J connectivity index is -0.000000475.